The van der Waals surface area contributed by atoms with E-state index in [1.807, 2.05) is 0 Å². The normalized spacial score (nSPS) is 21.7. The number of furan rings is 1. The van der Waals surface area contributed by atoms with Gasteiger partial charge in [-0.15, -0.1) is 0 Å². The topological polar surface area (TPSA) is 53.7 Å². The lowest BCUT2D eigenvalue weighted by Gasteiger charge is -2.28. The summed E-state index contributed by atoms with van der Waals surface area (Å²) in [7, 11) is 0. The highest BCUT2D eigenvalue weighted by atomic mass is 16.4. The molecule has 0 saturated carbocycles. The van der Waals surface area contributed by atoms with Crippen LogP contribution in [0.1, 0.15) is 55.1 Å². The number of carboxylic acids is 1. The molecule has 4 nitrogen and oxygen atoms in total. The summed E-state index contributed by atoms with van der Waals surface area (Å²) in [5, 5.41) is 9.08. The number of rotatable bonds is 4. The SMILES string of the molecule is CCC1CCCCCN1Cc1occc1C(=O)O. The second-order valence-corrected chi connectivity index (χ2v) is 4.94. The van der Waals surface area contributed by atoms with Crippen molar-refractivity contribution in [2.45, 2.75) is 51.6 Å². The molecule has 0 radical (unpaired) electrons. The summed E-state index contributed by atoms with van der Waals surface area (Å²) in [6.45, 7) is 3.86. The first kappa shape index (κ1) is 13.1. The molecule has 2 rings (SSSR count). The lowest BCUT2D eigenvalue weighted by atomic mass is 10.1. The molecule has 0 aliphatic carbocycles. The second-order valence-electron chi connectivity index (χ2n) is 4.94. The number of nitrogens with zero attached hydrogens (tertiary/aromatic N) is 1. The second kappa shape index (κ2) is 6.05. The maximum absolute atomic E-state index is 11.1. The van der Waals surface area contributed by atoms with Crippen LogP contribution in [0.4, 0.5) is 0 Å². The Labute approximate surface area is 108 Å². The first-order valence-electron chi connectivity index (χ1n) is 6.76. The molecule has 1 aliphatic heterocycles. The first-order valence-corrected chi connectivity index (χ1v) is 6.76. The van der Waals surface area contributed by atoms with Crippen LogP contribution < -0.4 is 0 Å². The van der Waals surface area contributed by atoms with Gasteiger partial charge in [0.05, 0.1) is 12.8 Å². The molecule has 4 heteroatoms. The minimum absolute atomic E-state index is 0.300. The van der Waals surface area contributed by atoms with E-state index in [-0.39, 0.29) is 0 Å². The molecule has 1 aromatic rings. The lowest BCUT2D eigenvalue weighted by molar-refractivity contribution is 0.0691. The summed E-state index contributed by atoms with van der Waals surface area (Å²) in [4.78, 5) is 13.4. The summed E-state index contributed by atoms with van der Waals surface area (Å²) in [6.07, 6.45) is 7.54. The van der Waals surface area contributed by atoms with Gasteiger partial charge in [-0.3, -0.25) is 4.90 Å². The van der Waals surface area contributed by atoms with Gasteiger partial charge in [-0.25, -0.2) is 4.79 Å². The maximum atomic E-state index is 11.1. The largest absolute Gasteiger partial charge is 0.478 e. The van der Waals surface area contributed by atoms with Crippen molar-refractivity contribution in [3.63, 3.8) is 0 Å². The molecular weight excluding hydrogens is 230 g/mol. The monoisotopic (exact) mass is 251 g/mol. The molecule has 1 aromatic heterocycles. The van der Waals surface area contributed by atoms with Crippen molar-refractivity contribution in [2.75, 3.05) is 6.54 Å². The predicted octanol–water partition coefficient (Wildman–Crippen LogP) is 3.13. The number of likely N-dealkylation sites (tertiary alicyclic amines) is 1. The Hall–Kier alpha value is -1.29. The van der Waals surface area contributed by atoms with Crippen molar-refractivity contribution in [1.29, 1.82) is 0 Å². The fourth-order valence-corrected chi connectivity index (χ4v) is 2.75. The third kappa shape index (κ3) is 2.93. The van der Waals surface area contributed by atoms with Crippen molar-refractivity contribution in [3.05, 3.63) is 23.7 Å². The van der Waals surface area contributed by atoms with E-state index in [9.17, 15) is 4.79 Å². The van der Waals surface area contributed by atoms with E-state index in [1.165, 1.54) is 38.0 Å². The lowest BCUT2D eigenvalue weighted by Crippen LogP contribution is -2.34. The summed E-state index contributed by atoms with van der Waals surface area (Å²) in [5.41, 5.74) is 0.300. The summed E-state index contributed by atoms with van der Waals surface area (Å²) in [6, 6.07) is 2.09. The van der Waals surface area contributed by atoms with Gasteiger partial charge in [0.15, 0.2) is 0 Å². The zero-order valence-corrected chi connectivity index (χ0v) is 10.9. The number of aromatic carboxylic acids is 1. The summed E-state index contributed by atoms with van der Waals surface area (Å²) >= 11 is 0. The average Bonchev–Trinajstić information content (AvgIpc) is 2.69. The number of carbonyl (C=O) groups is 1. The van der Waals surface area contributed by atoms with Crippen LogP contribution >= 0.6 is 0 Å². The van der Waals surface area contributed by atoms with Crippen LogP contribution in [0.25, 0.3) is 0 Å². The van der Waals surface area contributed by atoms with Gasteiger partial charge in [-0.2, -0.15) is 0 Å². The molecular formula is C14H21NO3. The van der Waals surface area contributed by atoms with Gasteiger partial charge in [0.1, 0.15) is 11.3 Å². The van der Waals surface area contributed by atoms with Crippen molar-refractivity contribution >= 4 is 5.97 Å². The van der Waals surface area contributed by atoms with E-state index in [2.05, 4.69) is 11.8 Å². The highest BCUT2D eigenvalue weighted by molar-refractivity contribution is 5.88. The molecule has 1 atom stereocenters. The third-order valence-electron chi connectivity index (χ3n) is 3.79. The van der Waals surface area contributed by atoms with Crippen molar-refractivity contribution < 1.29 is 14.3 Å². The molecule has 18 heavy (non-hydrogen) atoms. The third-order valence-corrected chi connectivity index (χ3v) is 3.79. The van der Waals surface area contributed by atoms with E-state index >= 15 is 0 Å². The highest BCUT2D eigenvalue weighted by Gasteiger charge is 2.23. The maximum Gasteiger partial charge on any atom is 0.339 e. The zero-order valence-electron chi connectivity index (χ0n) is 10.9. The van der Waals surface area contributed by atoms with Gasteiger partial charge in [0.25, 0.3) is 0 Å². The molecule has 0 aromatic carbocycles. The minimum atomic E-state index is -0.901. The Morgan fingerprint density at radius 1 is 1.50 bits per heavy atom. The number of hydrogen-bond acceptors (Lipinski definition) is 3. The van der Waals surface area contributed by atoms with E-state index in [0.717, 1.165) is 13.0 Å². The van der Waals surface area contributed by atoms with Gasteiger partial charge in [0.2, 0.25) is 0 Å². The molecule has 0 amide bonds. The molecule has 0 spiro atoms. The van der Waals surface area contributed by atoms with Gasteiger partial charge >= 0.3 is 5.97 Å². The minimum Gasteiger partial charge on any atom is -0.478 e. The van der Waals surface area contributed by atoms with Crippen molar-refractivity contribution in [2.24, 2.45) is 0 Å². The van der Waals surface area contributed by atoms with Crippen molar-refractivity contribution in [1.82, 2.24) is 4.90 Å². The predicted molar refractivity (Wildman–Crippen MR) is 68.6 cm³/mol. The fraction of sp³-hybridized carbons (Fsp3) is 0.643. The van der Waals surface area contributed by atoms with Gasteiger partial charge < -0.3 is 9.52 Å². The fourth-order valence-electron chi connectivity index (χ4n) is 2.75. The Bertz CT molecular complexity index is 399. The first-order chi connectivity index (χ1) is 8.72. The average molecular weight is 251 g/mol. The zero-order chi connectivity index (χ0) is 13.0. The Morgan fingerprint density at radius 2 is 2.33 bits per heavy atom. The molecule has 0 bridgehead atoms. The van der Waals surface area contributed by atoms with Gasteiger partial charge in [0, 0.05) is 6.04 Å². The molecule has 1 N–H and O–H groups in total. The van der Waals surface area contributed by atoms with E-state index < -0.39 is 5.97 Å². The highest BCUT2D eigenvalue weighted by Crippen LogP contribution is 2.23. The quantitative estimate of drug-likeness (QED) is 0.893. The van der Waals surface area contributed by atoms with Gasteiger partial charge in [-0.1, -0.05) is 19.8 Å². The van der Waals surface area contributed by atoms with Crippen LogP contribution in [-0.2, 0) is 6.54 Å². The molecule has 100 valence electrons. The van der Waals surface area contributed by atoms with Crippen LogP contribution in [0, 0.1) is 0 Å². The van der Waals surface area contributed by atoms with E-state index in [1.54, 1.807) is 0 Å². The summed E-state index contributed by atoms with van der Waals surface area (Å²) < 4.78 is 5.34. The van der Waals surface area contributed by atoms with Gasteiger partial charge in [-0.05, 0) is 31.9 Å². The van der Waals surface area contributed by atoms with Crippen LogP contribution in [0.15, 0.2) is 16.7 Å². The molecule has 1 fully saturated rings. The number of carboxylic acid groups (broad SMARTS) is 1. The van der Waals surface area contributed by atoms with Crippen molar-refractivity contribution in [3.8, 4) is 0 Å². The Kier molecular flexibility index (Phi) is 4.42. The standard InChI is InChI=1S/C14H21NO3/c1-2-11-6-4-3-5-8-15(11)10-13-12(14(16)17)7-9-18-13/h7,9,11H,2-6,8,10H2,1H3,(H,16,17). The molecule has 1 saturated heterocycles. The number of hydrogen-bond donors (Lipinski definition) is 1. The molecule has 1 aliphatic rings. The van der Waals surface area contributed by atoms with E-state index in [0.29, 0.717) is 23.9 Å². The van der Waals surface area contributed by atoms with Crippen LogP contribution in [-0.4, -0.2) is 28.6 Å². The molecule has 1 unspecified atom stereocenters. The Balaban J connectivity index is 2.10. The molecule has 2 heterocycles. The summed E-state index contributed by atoms with van der Waals surface area (Å²) in [5.74, 6) is -0.315. The van der Waals surface area contributed by atoms with Crippen LogP contribution in [0.2, 0.25) is 0 Å². The van der Waals surface area contributed by atoms with Crippen LogP contribution in [0.3, 0.4) is 0 Å². The van der Waals surface area contributed by atoms with Crippen LogP contribution in [0.5, 0.6) is 0 Å². The smallest absolute Gasteiger partial charge is 0.339 e. The van der Waals surface area contributed by atoms with E-state index in [4.69, 9.17) is 9.52 Å². The Morgan fingerprint density at radius 3 is 3.06 bits per heavy atom.